The van der Waals surface area contributed by atoms with Gasteiger partial charge in [-0.2, -0.15) is 0 Å². The molecule has 2 aromatic rings. The van der Waals surface area contributed by atoms with Gasteiger partial charge in [0, 0.05) is 31.5 Å². The van der Waals surface area contributed by atoms with E-state index in [1.165, 1.54) is 5.56 Å². The summed E-state index contributed by atoms with van der Waals surface area (Å²) in [6.45, 7) is 2.64. The van der Waals surface area contributed by atoms with Gasteiger partial charge in [-0.05, 0) is 34.9 Å². The van der Waals surface area contributed by atoms with Gasteiger partial charge in [0.15, 0.2) is 5.78 Å². The van der Waals surface area contributed by atoms with Crippen molar-refractivity contribution in [2.75, 3.05) is 13.1 Å². The minimum atomic E-state index is 0.0857. The first-order chi connectivity index (χ1) is 11.2. The Morgan fingerprint density at radius 3 is 2.39 bits per heavy atom. The van der Waals surface area contributed by atoms with Gasteiger partial charge < -0.3 is 5.11 Å². The topological polar surface area (TPSA) is 40.5 Å². The zero-order valence-corrected chi connectivity index (χ0v) is 12.9. The van der Waals surface area contributed by atoms with Crippen molar-refractivity contribution in [1.82, 2.24) is 4.90 Å². The molecule has 2 atom stereocenters. The van der Waals surface area contributed by atoms with Crippen molar-refractivity contribution in [2.45, 2.75) is 6.54 Å². The lowest BCUT2D eigenvalue weighted by Gasteiger charge is -2.17. The molecule has 1 aliphatic heterocycles. The van der Waals surface area contributed by atoms with Crippen molar-refractivity contribution in [3.05, 3.63) is 71.8 Å². The number of nitrogens with zero attached hydrogens (tertiary/aromatic N) is 1. The summed E-state index contributed by atoms with van der Waals surface area (Å²) in [7, 11) is 0. The molecule has 0 spiro atoms. The van der Waals surface area contributed by atoms with Crippen molar-refractivity contribution in [3.8, 4) is 5.75 Å². The highest BCUT2D eigenvalue weighted by atomic mass is 16.3. The van der Waals surface area contributed by atoms with Crippen LogP contribution < -0.4 is 0 Å². The van der Waals surface area contributed by atoms with Crippen LogP contribution >= 0.6 is 0 Å². The van der Waals surface area contributed by atoms with Crippen LogP contribution in [0.4, 0.5) is 0 Å². The molecule has 1 fully saturated rings. The monoisotopic (exact) mass is 305 g/mol. The average molecular weight is 305 g/mol. The van der Waals surface area contributed by atoms with Gasteiger partial charge in [-0.25, -0.2) is 0 Å². The maximum atomic E-state index is 12.4. The van der Waals surface area contributed by atoms with E-state index in [-0.39, 0.29) is 23.4 Å². The van der Waals surface area contributed by atoms with Gasteiger partial charge in [-0.3, -0.25) is 9.69 Å². The number of carbonyl (C=O) groups is 1. The summed E-state index contributed by atoms with van der Waals surface area (Å²) in [5.41, 5.74) is 3.45. The lowest BCUT2D eigenvalue weighted by atomic mass is 9.90. The molecular formula is C20H19NO2. The van der Waals surface area contributed by atoms with E-state index in [0.717, 1.165) is 30.8 Å². The second-order valence-electron chi connectivity index (χ2n) is 6.44. The molecule has 0 saturated carbocycles. The maximum Gasteiger partial charge on any atom is 0.161 e. The van der Waals surface area contributed by atoms with Crippen LogP contribution in [0.15, 0.2) is 60.7 Å². The molecule has 3 heteroatoms. The number of carbonyl (C=O) groups excluding carboxylic acids is 1. The molecule has 0 aromatic heterocycles. The largest absolute Gasteiger partial charge is 0.508 e. The van der Waals surface area contributed by atoms with Crippen molar-refractivity contribution in [1.29, 1.82) is 0 Å². The van der Waals surface area contributed by atoms with E-state index in [1.807, 2.05) is 24.3 Å². The van der Waals surface area contributed by atoms with E-state index in [9.17, 15) is 9.90 Å². The zero-order chi connectivity index (χ0) is 15.8. The third-order valence-electron chi connectivity index (χ3n) is 4.91. The van der Waals surface area contributed by atoms with E-state index >= 15 is 0 Å². The van der Waals surface area contributed by atoms with E-state index < -0.39 is 0 Å². The van der Waals surface area contributed by atoms with Gasteiger partial charge >= 0.3 is 0 Å². The number of aromatic hydroxyl groups is 1. The number of phenols is 1. The van der Waals surface area contributed by atoms with E-state index in [4.69, 9.17) is 0 Å². The van der Waals surface area contributed by atoms with Gasteiger partial charge in [-0.1, -0.05) is 42.5 Å². The highest BCUT2D eigenvalue weighted by Crippen LogP contribution is 2.41. The Morgan fingerprint density at radius 1 is 0.957 bits per heavy atom. The summed E-state index contributed by atoms with van der Waals surface area (Å²) in [4.78, 5) is 14.7. The van der Waals surface area contributed by atoms with Crippen molar-refractivity contribution >= 4 is 11.4 Å². The van der Waals surface area contributed by atoms with Gasteiger partial charge in [0.1, 0.15) is 5.75 Å². The smallest absolute Gasteiger partial charge is 0.161 e. The van der Waals surface area contributed by atoms with Crippen LogP contribution in [0.5, 0.6) is 5.75 Å². The van der Waals surface area contributed by atoms with E-state index in [2.05, 4.69) is 29.2 Å². The Balaban J connectivity index is 1.54. The number of fused-ring (bicyclic) bond motifs is 1. The molecule has 0 bridgehead atoms. The number of rotatable bonds is 3. The molecule has 116 valence electrons. The number of ketones is 1. The number of allylic oxidation sites excluding steroid dienone is 1. The number of benzene rings is 2. The fraction of sp³-hybridized carbons (Fsp3) is 0.250. The fourth-order valence-electron chi connectivity index (χ4n) is 3.78. The zero-order valence-electron chi connectivity index (χ0n) is 12.9. The Labute approximate surface area is 135 Å². The summed E-state index contributed by atoms with van der Waals surface area (Å²) >= 11 is 0. The van der Waals surface area contributed by atoms with Crippen molar-refractivity contribution < 1.29 is 9.90 Å². The summed E-state index contributed by atoms with van der Waals surface area (Å²) in [6.07, 6.45) is 1.81. The summed E-state index contributed by atoms with van der Waals surface area (Å²) in [5, 5.41) is 9.45. The highest BCUT2D eigenvalue weighted by molar-refractivity contribution is 6.04. The summed E-state index contributed by atoms with van der Waals surface area (Å²) in [6, 6.07) is 17.6. The lowest BCUT2D eigenvalue weighted by molar-refractivity contribution is -0.117. The van der Waals surface area contributed by atoms with Gasteiger partial charge in [0.25, 0.3) is 0 Å². The first-order valence-corrected chi connectivity index (χ1v) is 8.02. The molecule has 0 radical (unpaired) electrons. The standard InChI is InChI=1S/C20H19NO2/c22-16-8-6-15(7-9-16)17-10-20(23)19-13-21(12-18(17)19)11-14-4-2-1-3-5-14/h1-10,18-19,22H,11-13H2. The third kappa shape index (κ3) is 2.68. The first kappa shape index (κ1) is 14.2. The minimum absolute atomic E-state index is 0.0857. The average Bonchev–Trinajstić information content (AvgIpc) is 3.10. The van der Waals surface area contributed by atoms with Crippen LogP contribution in [0.2, 0.25) is 0 Å². The maximum absolute atomic E-state index is 12.4. The van der Waals surface area contributed by atoms with Crippen LogP contribution in [0, 0.1) is 11.8 Å². The first-order valence-electron chi connectivity index (χ1n) is 8.02. The number of likely N-dealkylation sites (tertiary alicyclic amines) is 1. The predicted molar refractivity (Wildman–Crippen MR) is 89.8 cm³/mol. The van der Waals surface area contributed by atoms with Gasteiger partial charge in [0.2, 0.25) is 0 Å². The molecule has 4 rings (SSSR count). The second-order valence-corrected chi connectivity index (χ2v) is 6.44. The Kier molecular flexibility index (Phi) is 3.50. The molecule has 1 saturated heterocycles. The van der Waals surface area contributed by atoms with E-state index in [0.29, 0.717) is 0 Å². The summed E-state index contributed by atoms with van der Waals surface area (Å²) in [5.74, 6) is 0.860. The second kappa shape index (κ2) is 5.67. The molecule has 23 heavy (non-hydrogen) atoms. The minimum Gasteiger partial charge on any atom is -0.508 e. The van der Waals surface area contributed by atoms with Crippen molar-refractivity contribution in [3.63, 3.8) is 0 Å². The van der Waals surface area contributed by atoms with Crippen LogP contribution in [0.3, 0.4) is 0 Å². The fourth-order valence-corrected chi connectivity index (χ4v) is 3.78. The van der Waals surface area contributed by atoms with E-state index in [1.54, 1.807) is 12.1 Å². The van der Waals surface area contributed by atoms with Gasteiger partial charge in [0.05, 0.1) is 0 Å². The Morgan fingerprint density at radius 2 is 1.65 bits per heavy atom. The molecule has 0 amide bonds. The lowest BCUT2D eigenvalue weighted by Crippen LogP contribution is -2.22. The SMILES string of the molecule is O=C1C=C(c2ccc(O)cc2)C2CN(Cc3ccccc3)CC12. The number of phenolic OH excluding ortho intramolecular Hbond substituents is 1. The van der Waals surface area contributed by atoms with Crippen LogP contribution in [0.1, 0.15) is 11.1 Å². The number of hydrogen-bond donors (Lipinski definition) is 1. The molecule has 2 unspecified atom stereocenters. The molecule has 1 aliphatic carbocycles. The Hall–Kier alpha value is -2.39. The van der Waals surface area contributed by atoms with Crippen LogP contribution in [0.25, 0.3) is 5.57 Å². The summed E-state index contributed by atoms with van der Waals surface area (Å²) < 4.78 is 0. The third-order valence-corrected chi connectivity index (χ3v) is 4.91. The molecule has 1 N–H and O–H groups in total. The highest BCUT2D eigenvalue weighted by Gasteiger charge is 2.43. The Bertz CT molecular complexity index is 749. The normalized spacial score (nSPS) is 23.8. The molecular weight excluding hydrogens is 286 g/mol. The van der Waals surface area contributed by atoms with Crippen LogP contribution in [-0.2, 0) is 11.3 Å². The van der Waals surface area contributed by atoms with Crippen LogP contribution in [-0.4, -0.2) is 28.9 Å². The molecule has 3 nitrogen and oxygen atoms in total. The molecule has 2 aromatic carbocycles. The van der Waals surface area contributed by atoms with Crippen molar-refractivity contribution in [2.24, 2.45) is 11.8 Å². The molecule has 1 heterocycles. The molecule has 2 aliphatic rings. The number of hydrogen-bond acceptors (Lipinski definition) is 3. The quantitative estimate of drug-likeness (QED) is 0.947. The predicted octanol–water partition coefficient (Wildman–Crippen LogP) is 3.11. The van der Waals surface area contributed by atoms with Gasteiger partial charge in [-0.15, -0.1) is 0 Å².